The number of aliphatic imine (C=N–C) groups is 1. The summed E-state index contributed by atoms with van der Waals surface area (Å²) >= 11 is 0. The summed E-state index contributed by atoms with van der Waals surface area (Å²) in [4.78, 5) is 4.20. The summed E-state index contributed by atoms with van der Waals surface area (Å²) in [5.74, 6) is -0.752. The van der Waals surface area contributed by atoms with Gasteiger partial charge in [-0.15, -0.1) is 37.1 Å². The van der Waals surface area contributed by atoms with E-state index in [-0.39, 0.29) is 41.8 Å². The molecule has 0 aliphatic carbocycles. The third-order valence-corrected chi connectivity index (χ3v) is 3.99. The Kier molecular flexibility index (Phi) is 7.54. The van der Waals surface area contributed by atoms with Crippen molar-refractivity contribution in [1.82, 2.24) is 0 Å². The lowest BCUT2D eigenvalue weighted by molar-refractivity contribution is -0.274. The largest absolute Gasteiger partial charge is 0.573 e. The van der Waals surface area contributed by atoms with E-state index in [1.807, 2.05) is 0 Å². The van der Waals surface area contributed by atoms with Crippen molar-refractivity contribution in [2.24, 2.45) is 10.7 Å². The highest BCUT2D eigenvalue weighted by atomic mass is 127. The average molecular weight is 503 g/mol. The van der Waals surface area contributed by atoms with Gasteiger partial charge in [0.2, 0.25) is 0 Å². The van der Waals surface area contributed by atoms with Crippen molar-refractivity contribution < 1.29 is 32.1 Å². The van der Waals surface area contributed by atoms with Crippen molar-refractivity contribution in [3.8, 4) is 5.75 Å². The molecule has 2 saturated heterocycles. The summed E-state index contributed by atoms with van der Waals surface area (Å²) in [7, 11) is 0. The highest BCUT2D eigenvalue weighted by Crippen LogP contribution is 2.33. The maximum absolute atomic E-state index is 12.1. The molecule has 27 heavy (non-hydrogen) atoms. The second-order valence-electron chi connectivity index (χ2n) is 6.00. The summed E-state index contributed by atoms with van der Waals surface area (Å²) in [6.07, 6.45) is -3.54. The number of nitrogens with zero attached hydrogens (tertiary/aromatic N) is 1. The number of halogens is 4. The van der Waals surface area contributed by atoms with Crippen molar-refractivity contribution in [3.05, 3.63) is 24.3 Å². The minimum absolute atomic E-state index is 0. The maximum atomic E-state index is 12.1. The Balaban J connectivity index is 0.00000261. The fourth-order valence-electron chi connectivity index (χ4n) is 2.78. The number of hydrogen-bond donors (Lipinski definition) is 2. The van der Waals surface area contributed by atoms with Crippen LogP contribution in [-0.4, -0.2) is 50.6 Å². The van der Waals surface area contributed by atoms with E-state index >= 15 is 0 Å². The van der Waals surface area contributed by atoms with Gasteiger partial charge in [0.15, 0.2) is 11.7 Å². The standard InChI is InChI=1S/C16H20F3N3O4.HI/c17-16(18,19)26-12-3-1-11(2-4-12)22-14(20)21-9-13-10-24-15(25-13)5-7-23-8-6-15;/h1-4,13H,5-10H2,(H3,20,21,22);1H. The van der Waals surface area contributed by atoms with Crippen LogP contribution in [0.4, 0.5) is 18.9 Å². The maximum Gasteiger partial charge on any atom is 0.573 e. The van der Waals surface area contributed by atoms with Crippen LogP contribution in [0.3, 0.4) is 0 Å². The van der Waals surface area contributed by atoms with Gasteiger partial charge in [0.05, 0.1) is 26.4 Å². The first-order chi connectivity index (χ1) is 12.3. The highest BCUT2D eigenvalue weighted by Gasteiger charge is 2.42. The van der Waals surface area contributed by atoms with E-state index in [0.717, 1.165) is 0 Å². The molecule has 1 atom stereocenters. The molecule has 0 amide bonds. The predicted octanol–water partition coefficient (Wildman–Crippen LogP) is 2.85. The first-order valence-corrected chi connectivity index (χ1v) is 8.16. The number of alkyl halides is 3. The fourth-order valence-corrected chi connectivity index (χ4v) is 2.78. The average Bonchev–Trinajstić information content (AvgIpc) is 2.97. The lowest BCUT2D eigenvalue weighted by atomic mass is 10.1. The molecule has 152 valence electrons. The van der Waals surface area contributed by atoms with E-state index in [4.69, 9.17) is 19.9 Å². The molecule has 1 spiro atoms. The molecule has 2 aliphatic rings. The van der Waals surface area contributed by atoms with Crippen LogP contribution in [0.15, 0.2) is 29.3 Å². The zero-order valence-corrected chi connectivity index (χ0v) is 16.7. The van der Waals surface area contributed by atoms with Crippen LogP contribution in [0.1, 0.15) is 12.8 Å². The monoisotopic (exact) mass is 503 g/mol. The van der Waals surface area contributed by atoms with Gasteiger partial charge in [-0.25, -0.2) is 0 Å². The second kappa shape index (κ2) is 9.26. The fraction of sp³-hybridized carbons (Fsp3) is 0.562. The first-order valence-electron chi connectivity index (χ1n) is 8.16. The number of nitrogens with two attached hydrogens (primary N) is 1. The quantitative estimate of drug-likeness (QED) is 0.374. The molecule has 0 bridgehead atoms. The van der Waals surface area contributed by atoms with Gasteiger partial charge in [0.1, 0.15) is 11.9 Å². The molecule has 11 heteroatoms. The zero-order valence-electron chi connectivity index (χ0n) is 14.3. The van der Waals surface area contributed by atoms with E-state index in [9.17, 15) is 13.2 Å². The van der Waals surface area contributed by atoms with Crippen molar-refractivity contribution in [3.63, 3.8) is 0 Å². The molecule has 1 aromatic carbocycles. The molecule has 1 aromatic rings. The summed E-state index contributed by atoms with van der Waals surface area (Å²) in [6, 6.07) is 5.20. The van der Waals surface area contributed by atoms with Gasteiger partial charge in [0, 0.05) is 18.5 Å². The minimum atomic E-state index is -4.72. The lowest BCUT2D eigenvalue weighted by Crippen LogP contribution is -2.38. The van der Waals surface area contributed by atoms with Crippen molar-refractivity contribution in [1.29, 1.82) is 0 Å². The Morgan fingerprint density at radius 2 is 1.93 bits per heavy atom. The van der Waals surface area contributed by atoms with Crippen LogP contribution in [0.2, 0.25) is 0 Å². The number of hydrogen-bond acceptors (Lipinski definition) is 5. The molecular formula is C16H21F3IN3O4. The second-order valence-corrected chi connectivity index (χ2v) is 6.00. The van der Waals surface area contributed by atoms with Crippen molar-refractivity contribution >= 4 is 35.6 Å². The molecule has 2 aliphatic heterocycles. The van der Waals surface area contributed by atoms with Crippen LogP contribution in [0.5, 0.6) is 5.75 Å². The van der Waals surface area contributed by atoms with E-state index in [0.29, 0.717) is 44.9 Å². The van der Waals surface area contributed by atoms with Gasteiger partial charge in [-0.2, -0.15) is 0 Å². The van der Waals surface area contributed by atoms with Crippen molar-refractivity contribution in [2.75, 3.05) is 31.7 Å². The van der Waals surface area contributed by atoms with Crippen LogP contribution in [-0.2, 0) is 14.2 Å². The third kappa shape index (κ3) is 6.66. The summed E-state index contributed by atoms with van der Waals surface area (Å²) in [5.41, 5.74) is 6.30. The minimum Gasteiger partial charge on any atom is -0.406 e. The number of ether oxygens (including phenoxy) is 4. The SMILES string of the molecule is I.NC(=NCC1COC2(CCOCC2)O1)Nc1ccc(OC(F)(F)F)cc1. The molecule has 2 heterocycles. The van der Waals surface area contributed by atoms with Crippen LogP contribution in [0.25, 0.3) is 0 Å². The number of anilines is 1. The zero-order chi connectivity index (χ0) is 18.6. The number of nitrogens with one attached hydrogen (secondary N) is 1. The number of guanidine groups is 1. The molecule has 2 fully saturated rings. The van der Waals surface area contributed by atoms with Gasteiger partial charge in [-0.1, -0.05) is 0 Å². The van der Waals surface area contributed by atoms with Crippen molar-refractivity contribution in [2.45, 2.75) is 31.1 Å². The normalized spacial score (nSPS) is 22.3. The van der Waals surface area contributed by atoms with Gasteiger partial charge in [-0.05, 0) is 24.3 Å². The highest BCUT2D eigenvalue weighted by molar-refractivity contribution is 14.0. The van der Waals surface area contributed by atoms with E-state index in [1.54, 1.807) is 0 Å². The van der Waals surface area contributed by atoms with Crippen LogP contribution in [0, 0.1) is 0 Å². The Labute approximate surface area is 171 Å². The predicted molar refractivity (Wildman–Crippen MR) is 102 cm³/mol. The van der Waals surface area contributed by atoms with Crippen LogP contribution >= 0.6 is 24.0 Å². The van der Waals surface area contributed by atoms with Crippen LogP contribution < -0.4 is 15.8 Å². The Morgan fingerprint density at radius 3 is 2.56 bits per heavy atom. The molecule has 0 aromatic heterocycles. The summed E-state index contributed by atoms with van der Waals surface area (Å²) in [5, 5.41) is 2.80. The van der Waals surface area contributed by atoms with Gasteiger partial charge in [0.25, 0.3) is 0 Å². The van der Waals surface area contributed by atoms with Gasteiger partial charge >= 0.3 is 6.36 Å². The number of rotatable bonds is 4. The molecule has 3 N–H and O–H groups in total. The number of benzene rings is 1. The smallest absolute Gasteiger partial charge is 0.406 e. The Morgan fingerprint density at radius 1 is 1.26 bits per heavy atom. The molecule has 1 unspecified atom stereocenters. The van der Waals surface area contributed by atoms with E-state index in [2.05, 4.69) is 15.0 Å². The topological polar surface area (TPSA) is 87.3 Å². The molecule has 0 radical (unpaired) electrons. The molecule has 0 saturated carbocycles. The molecule has 7 nitrogen and oxygen atoms in total. The third-order valence-electron chi connectivity index (χ3n) is 3.99. The summed E-state index contributed by atoms with van der Waals surface area (Å²) < 4.78 is 57.2. The Hall–Kier alpha value is -1.31. The molecule has 3 rings (SSSR count). The van der Waals surface area contributed by atoms with Gasteiger partial charge in [-0.3, -0.25) is 4.99 Å². The van der Waals surface area contributed by atoms with E-state index < -0.39 is 12.1 Å². The molecular weight excluding hydrogens is 482 g/mol. The van der Waals surface area contributed by atoms with E-state index in [1.165, 1.54) is 24.3 Å². The summed E-state index contributed by atoms with van der Waals surface area (Å²) in [6.45, 7) is 1.96. The lowest BCUT2D eigenvalue weighted by Gasteiger charge is -2.31. The Bertz CT molecular complexity index is 637. The van der Waals surface area contributed by atoms with Gasteiger partial charge < -0.3 is 30.0 Å². The first kappa shape index (κ1) is 22.0.